The van der Waals surface area contributed by atoms with Gasteiger partial charge in [-0.25, -0.2) is 0 Å². The highest BCUT2D eigenvalue weighted by atomic mass is 16.5. The van der Waals surface area contributed by atoms with Crippen molar-refractivity contribution in [2.45, 2.75) is 20.3 Å². The minimum Gasteiger partial charge on any atom is -0.493 e. The summed E-state index contributed by atoms with van der Waals surface area (Å²) < 4.78 is 5.54. The van der Waals surface area contributed by atoms with Crippen LogP contribution in [0.4, 0.5) is 11.4 Å². The van der Waals surface area contributed by atoms with Crippen molar-refractivity contribution in [3.8, 4) is 5.75 Å². The molecule has 2 aromatic rings. The molecule has 0 atom stereocenters. The van der Waals surface area contributed by atoms with Gasteiger partial charge in [-0.3, -0.25) is 4.79 Å². The highest BCUT2D eigenvalue weighted by Gasteiger charge is 2.06. The lowest BCUT2D eigenvalue weighted by atomic mass is 10.1. The van der Waals surface area contributed by atoms with Crippen molar-refractivity contribution in [1.29, 1.82) is 0 Å². The number of amides is 1. The summed E-state index contributed by atoms with van der Waals surface area (Å²) in [5.74, 6) is 0.685. The predicted octanol–water partition coefficient (Wildman–Crippen LogP) is 3.29. The Bertz CT molecular complexity index is 621. The summed E-state index contributed by atoms with van der Waals surface area (Å²) in [6.07, 6.45) is 0.294. The zero-order chi connectivity index (χ0) is 15.2. The molecule has 0 bridgehead atoms. The Balaban J connectivity index is 1.82. The van der Waals surface area contributed by atoms with Gasteiger partial charge in [0.25, 0.3) is 0 Å². The van der Waals surface area contributed by atoms with Gasteiger partial charge in [0.15, 0.2) is 0 Å². The number of nitrogen functional groups attached to an aromatic ring is 1. The number of nitrogens with two attached hydrogens (primary N) is 1. The molecule has 2 aromatic carbocycles. The number of nitrogens with one attached hydrogen (secondary N) is 1. The van der Waals surface area contributed by atoms with E-state index in [1.54, 1.807) is 0 Å². The fourth-order valence-corrected chi connectivity index (χ4v) is 1.90. The van der Waals surface area contributed by atoms with Gasteiger partial charge in [0.05, 0.1) is 13.0 Å². The quantitative estimate of drug-likeness (QED) is 0.828. The summed E-state index contributed by atoms with van der Waals surface area (Å²) in [4.78, 5) is 11.9. The number of carbonyl (C=O) groups is 1. The lowest BCUT2D eigenvalue weighted by molar-refractivity contribution is -0.116. The first-order chi connectivity index (χ1) is 10.1. The number of carbonyl (C=O) groups excluding carboxylic acids is 1. The zero-order valence-corrected chi connectivity index (χ0v) is 12.3. The number of ether oxygens (including phenoxy) is 1. The summed E-state index contributed by atoms with van der Waals surface area (Å²) in [5.41, 5.74) is 9.28. The van der Waals surface area contributed by atoms with E-state index in [1.807, 2.05) is 56.3 Å². The molecule has 0 radical (unpaired) electrons. The van der Waals surface area contributed by atoms with Gasteiger partial charge in [0.2, 0.25) is 5.91 Å². The Kier molecular flexibility index (Phi) is 4.82. The molecule has 0 fully saturated rings. The number of benzene rings is 2. The van der Waals surface area contributed by atoms with Crippen LogP contribution in [0.1, 0.15) is 17.5 Å². The fourth-order valence-electron chi connectivity index (χ4n) is 1.90. The van der Waals surface area contributed by atoms with Gasteiger partial charge in [-0.1, -0.05) is 23.8 Å². The summed E-state index contributed by atoms with van der Waals surface area (Å²) >= 11 is 0. The number of anilines is 2. The molecule has 0 aliphatic heterocycles. The van der Waals surface area contributed by atoms with E-state index in [0.29, 0.717) is 18.7 Å². The Hall–Kier alpha value is -2.49. The van der Waals surface area contributed by atoms with E-state index < -0.39 is 0 Å². The van der Waals surface area contributed by atoms with E-state index in [1.165, 1.54) is 5.56 Å². The molecule has 0 aliphatic rings. The minimum absolute atomic E-state index is 0.0872. The van der Waals surface area contributed by atoms with Gasteiger partial charge >= 0.3 is 0 Å². The summed E-state index contributed by atoms with van der Waals surface area (Å²) in [7, 11) is 0. The van der Waals surface area contributed by atoms with E-state index in [4.69, 9.17) is 10.5 Å². The molecule has 4 nitrogen and oxygen atoms in total. The van der Waals surface area contributed by atoms with Crippen molar-refractivity contribution < 1.29 is 9.53 Å². The normalized spacial score (nSPS) is 10.2. The third kappa shape index (κ3) is 4.24. The lowest BCUT2D eigenvalue weighted by Gasteiger charge is -2.10. The zero-order valence-electron chi connectivity index (χ0n) is 12.3. The molecule has 0 saturated carbocycles. The fraction of sp³-hybridized carbons (Fsp3) is 0.235. The smallest absolute Gasteiger partial charge is 0.227 e. The molecule has 0 saturated heterocycles. The SMILES string of the molecule is Cc1ccc(OCCC(=O)Nc2cccc(N)c2C)cc1. The number of hydrogen-bond donors (Lipinski definition) is 2. The molecule has 2 rings (SSSR count). The number of hydrogen-bond acceptors (Lipinski definition) is 3. The van der Waals surface area contributed by atoms with Gasteiger partial charge in [-0.05, 0) is 43.7 Å². The maximum absolute atomic E-state index is 11.9. The summed E-state index contributed by atoms with van der Waals surface area (Å²) in [5, 5.41) is 2.85. The van der Waals surface area contributed by atoms with Crippen LogP contribution in [0, 0.1) is 13.8 Å². The van der Waals surface area contributed by atoms with Crippen molar-refractivity contribution in [2.24, 2.45) is 0 Å². The Labute approximate surface area is 124 Å². The monoisotopic (exact) mass is 284 g/mol. The molecule has 0 heterocycles. The van der Waals surface area contributed by atoms with Gasteiger partial charge in [-0.2, -0.15) is 0 Å². The van der Waals surface area contributed by atoms with Crippen molar-refractivity contribution in [2.75, 3.05) is 17.7 Å². The summed E-state index contributed by atoms with van der Waals surface area (Å²) in [6.45, 7) is 4.25. The van der Waals surface area contributed by atoms with Crippen molar-refractivity contribution in [3.05, 3.63) is 53.6 Å². The van der Waals surface area contributed by atoms with Crippen LogP contribution in [0.5, 0.6) is 5.75 Å². The van der Waals surface area contributed by atoms with Crippen molar-refractivity contribution >= 4 is 17.3 Å². The van der Waals surface area contributed by atoms with Gasteiger partial charge in [-0.15, -0.1) is 0 Å². The predicted molar refractivity (Wildman–Crippen MR) is 85.5 cm³/mol. The van der Waals surface area contributed by atoms with Crippen LogP contribution in [-0.4, -0.2) is 12.5 Å². The second-order valence-electron chi connectivity index (χ2n) is 4.98. The van der Waals surface area contributed by atoms with E-state index in [9.17, 15) is 4.79 Å². The molecule has 3 N–H and O–H groups in total. The maximum Gasteiger partial charge on any atom is 0.227 e. The first kappa shape index (κ1) is 14.9. The summed E-state index contributed by atoms with van der Waals surface area (Å²) in [6, 6.07) is 13.2. The molecule has 1 amide bonds. The van der Waals surface area contributed by atoms with E-state index >= 15 is 0 Å². The van der Waals surface area contributed by atoms with E-state index in [2.05, 4.69) is 5.32 Å². The van der Waals surface area contributed by atoms with Crippen LogP contribution in [0.2, 0.25) is 0 Å². The van der Waals surface area contributed by atoms with E-state index in [0.717, 1.165) is 17.0 Å². The molecule has 0 aliphatic carbocycles. The Morgan fingerprint density at radius 3 is 2.57 bits per heavy atom. The van der Waals surface area contributed by atoms with Crippen LogP contribution in [-0.2, 0) is 4.79 Å². The highest BCUT2D eigenvalue weighted by molar-refractivity contribution is 5.92. The molecular formula is C17H20N2O2. The van der Waals surface area contributed by atoms with Crippen molar-refractivity contribution in [1.82, 2.24) is 0 Å². The largest absolute Gasteiger partial charge is 0.493 e. The second kappa shape index (κ2) is 6.79. The minimum atomic E-state index is -0.0872. The topological polar surface area (TPSA) is 64.3 Å². The highest BCUT2D eigenvalue weighted by Crippen LogP contribution is 2.20. The maximum atomic E-state index is 11.9. The van der Waals surface area contributed by atoms with Gasteiger partial charge < -0.3 is 15.8 Å². The number of rotatable bonds is 5. The molecule has 110 valence electrons. The average Bonchev–Trinajstić information content (AvgIpc) is 2.46. The molecular weight excluding hydrogens is 264 g/mol. The molecule has 0 spiro atoms. The third-order valence-corrected chi connectivity index (χ3v) is 3.27. The van der Waals surface area contributed by atoms with Gasteiger partial charge in [0.1, 0.15) is 5.75 Å². The van der Waals surface area contributed by atoms with Crippen LogP contribution in [0.15, 0.2) is 42.5 Å². The van der Waals surface area contributed by atoms with Gasteiger partial charge in [0, 0.05) is 11.4 Å². The average molecular weight is 284 g/mol. The van der Waals surface area contributed by atoms with Crippen LogP contribution >= 0.6 is 0 Å². The van der Waals surface area contributed by atoms with E-state index in [-0.39, 0.29) is 5.91 Å². The third-order valence-electron chi connectivity index (χ3n) is 3.27. The molecule has 0 unspecified atom stereocenters. The Morgan fingerprint density at radius 2 is 1.86 bits per heavy atom. The second-order valence-corrected chi connectivity index (χ2v) is 4.98. The van der Waals surface area contributed by atoms with Crippen LogP contribution < -0.4 is 15.8 Å². The lowest BCUT2D eigenvalue weighted by Crippen LogP contribution is -2.16. The first-order valence-electron chi connectivity index (χ1n) is 6.90. The Morgan fingerprint density at radius 1 is 1.14 bits per heavy atom. The molecule has 21 heavy (non-hydrogen) atoms. The molecule has 4 heteroatoms. The number of aryl methyl sites for hydroxylation is 1. The first-order valence-corrected chi connectivity index (χ1v) is 6.90. The van der Waals surface area contributed by atoms with Crippen LogP contribution in [0.3, 0.4) is 0 Å². The van der Waals surface area contributed by atoms with Crippen molar-refractivity contribution in [3.63, 3.8) is 0 Å². The van der Waals surface area contributed by atoms with Crippen LogP contribution in [0.25, 0.3) is 0 Å². The standard InChI is InChI=1S/C17H20N2O2/c1-12-6-8-14(9-7-12)21-11-10-17(20)19-16-5-3-4-15(18)13(16)2/h3-9H,10-11,18H2,1-2H3,(H,19,20). The molecule has 0 aromatic heterocycles.